The van der Waals surface area contributed by atoms with Gasteiger partial charge in [-0.05, 0) is 55.2 Å². The highest BCUT2D eigenvalue weighted by Gasteiger charge is 2.29. The summed E-state index contributed by atoms with van der Waals surface area (Å²) in [7, 11) is -3.37. The highest BCUT2D eigenvalue weighted by Crippen LogP contribution is 2.31. The van der Waals surface area contributed by atoms with Crippen molar-refractivity contribution in [3.8, 4) is 0 Å². The first-order chi connectivity index (χ1) is 15.6. The molecule has 1 atom stereocenters. The number of Topliss-reactive ketones (excluding diaryl/α,β-unsaturated/α-hetero) is 1. The van der Waals surface area contributed by atoms with E-state index in [1.165, 1.54) is 10.4 Å². The van der Waals surface area contributed by atoms with Gasteiger partial charge in [0, 0.05) is 17.7 Å². The molecule has 1 amide bonds. The summed E-state index contributed by atoms with van der Waals surface area (Å²) in [5.41, 5.74) is 2.10. The highest BCUT2D eigenvalue weighted by molar-refractivity contribution is 7.92. The Morgan fingerprint density at radius 3 is 2.39 bits per heavy atom. The monoisotopic (exact) mass is 472 g/mol. The highest BCUT2D eigenvalue weighted by atomic mass is 32.2. The fourth-order valence-electron chi connectivity index (χ4n) is 3.61. The van der Waals surface area contributed by atoms with E-state index >= 15 is 0 Å². The van der Waals surface area contributed by atoms with Crippen molar-refractivity contribution in [3.05, 3.63) is 65.2 Å². The lowest BCUT2D eigenvalue weighted by Crippen LogP contribution is -2.45. The molecular weight excluding hydrogens is 444 g/mol. The molecular formula is C24H28N2O6S. The smallest absolute Gasteiger partial charge is 0.329 e. The van der Waals surface area contributed by atoms with Gasteiger partial charge in [0.1, 0.15) is 6.04 Å². The Bertz CT molecular complexity index is 1140. The van der Waals surface area contributed by atoms with Crippen LogP contribution < -0.4 is 9.62 Å². The van der Waals surface area contributed by atoms with Crippen LogP contribution in [-0.2, 0) is 26.0 Å². The van der Waals surface area contributed by atoms with E-state index in [9.17, 15) is 22.8 Å². The van der Waals surface area contributed by atoms with Gasteiger partial charge in [-0.2, -0.15) is 0 Å². The van der Waals surface area contributed by atoms with Gasteiger partial charge in [-0.25, -0.2) is 13.2 Å². The Labute approximate surface area is 194 Å². The summed E-state index contributed by atoms with van der Waals surface area (Å²) >= 11 is 0. The predicted molar refractivity (Wildman–Crippen MR) is 125 cm³/mol. The number of anilines is 1. The molecule has 1 aliphatic heterocycles. The third kappa shape index (κ3) is 5.60. The Morgan fingerprint density at radius 1 is 1.06 bits per heavy atom. The largest absolute Gasteiger partial charge is 0.456 e. The van der Waals surface area contributed by atoms with Crippen molar-refractivity contribution in [2.75, 3.05) is 23.2 Å². The van der Waals surface area contributed by atoms with Crippen molar-refractivity contribution in [2.45, 2.75) is 33.2 Å². The number of fused-ring (bicyclic) bond motifs is 1. The molecule has 33 heavy (non-hydrogen) atoms. The lowest BCUT2D eigenvalue weighted by Gasteiger charge is -2.21. The second-order valence-corrected chi connectivity index (χ2v) is 10.3. The lowest BCUT2D eigenvalue weighted by molar-refractivity contribution is -0.145. The second kappa shape index (κ2) is 10.2. The number of carbonyl (C=O) groups excluding carboxylic acids is 3. The van der Waals surface area contributed by atoms with E-state index in [4.69, 9.17) is 4.74 Å². The van der Waals surface area contributed by atoms with Gasteiger partial charge in [0.25, 0.3) is 5.91 Å². The second-order valence-electron chi connectivity index (χ2n) is 8.16. The van der Waals surface area contributed by atoms with E-state index in [1.54, 1.807) is 63.2 Å². The van der Waals surface area contributed by atoms with E-state index in [1.807, 2.05) is 0 Å². The van der Waals surface area contributed by atoms with Crippen LogP contribution in [0, 0.1) is 5.92 Å². The first-order valence-electron chi connectivity index (χ1n) is 10.8. The molecule has 3 rings (SSSR count). The van der Waals surface area contributed by atoms with Gasteiger partial charge in [-0.15, -0.1) is 0 Å². The van der Waals surface area contributed by atoms with Crippen molar-refractivity contribution >= 4 is 33.4 Å². The molecule has 0 unspecified atom stereocenters. The zero-order chi connectivity index (χ0) is 24.2. The van der Waals surface area contributed by atoms with Crippen molar-refractivity contribution in [1.82, 2.24) is 5.32 Å². The minimum Gasteiger partial charge on any atom is -0.456 e. The topological polar surface area (TPSA) is 110 Å². The van der Waals surface area contributed by atoms with Crippen LogP contribution in [0.1, 0.15) is 47.1 Å². The minimum absolute atomic E-state index is 0.000895. The first-order valence-corrected chi connectivity index (χ1v) is 12.4. The van der Waals surface area contributed by atoms with Gasteiger partial charge in [-0.3, -0.25) is 13.9 Å². The summed E-state index contributed by atoms with van der Waals surface area (Å²) in [4.78, 5) is 37.6. The Hall–Kier alpha value is -3.20. The number of rotatable bonds is 9. The van der Waals surface area contributed by atoms with Crippen molar-refractivity contribution < 1.29 is 27.5 Å². The number of benzene rings is 2. The van der Waals surface area contributed by atoms with Gasteiger partial charge in [0.15, 0.2) is 12.4 Å². The molecule has 2 aromatic rings. The Balaban J connectivity index is 1.63. The zero-order valence-electron chi connectivity index (χ0n) is 18.9. The molecule has 1 heterocycles. The quantitative estimate of drug-likeness (QED) is 0.444. The number of ether oxygens (including phenoxy) is 1. The molecule has 0 saturated heterocycles. The molecule has 9 heteroatoms. The van der Waals surface area contributed by atoms with Gasteiger partial charge < -0.3 is 10.1 Å². The average Bonchev–Trinajstić information content (AvgIpc) is 3.25. The molecule has 0 aromatic heterocycles. The predicted octanol–water partition coefficient (Wildman–Crippen LogP) is 2.58. The van der Waals surface area contributed by atoms with Crippen LogP contribution in [0.3, 0.4) is 0 Å². The van der Waals surface area contributed by atoms with Crippen LogP contribution in [-0.4, -0.2) is 51.0 Å². The number of hydrogen-bond donors (Lipinski definition) is 1. The summed E-state index contributed by atoms with van der Waals surface area (Å²) in [6.45, 7) is 5.01. The SMILES string of the molecule is CCS(=O)(=O)N1CCc2cc(C(=O)COC(=O)[C@@H](NC(=O)c3ccccc3)C(C)C)ccc21. The number of carbonyl (C=O) groups is 3. The molecule has 0 spiro atoms. The fourth-order valence-corrected chi connectivity index (χ4v) is 4.77. The third-order valence-electron chi connectivity index (χ3n) is 5.54. The molecule has 176 valence electrons. The molecule has 0 bridgehead atoms. The van der Waals surface area contributed by atoms with Crippen molar-refractivity contribution in [2.24, 2.45) is 5.92 Å². The third-order valence-corrected chi connectivity index (χ3v) is 7.32. The minimum atomic E-state index is -3.37. The van der Waals surface area contributed by atoms with E-state index < -0.39 is 40.3 Å². The van der Waals surface area contributed by atoms with Gasteiger partial charge >= 0.3 is 5.97 Å². The Kier molecular flexibility index (Phi) is 7.53. The number of nitrogens with one attached hydrogen (secondary N) is 1. The summed E-state index contributed by atoms with van der Waals surface area (Å²) in [5, 5.41) is 2.67. The maximum absolute atomic E-state index is 12.6. The lowest BCUT2D eigenvalue weighted by atomic mass is 10.0. The standard InChI is InChI=1S/C24H28N2O6S/c1-4-33(30,31)26-13-12-18-14-19(10-11-20(18)26)21(27)15-32-24(29)22(16(2)3)25-23(28)17-8-6-5-7-9-17/h5-11,14,16,22H,4,12-13,15H2,1-3H3,(H,25,28)/t22-/m0/s1. The van der Waals surface area contributed by atoms with Crippen LogP contribution in [0.5, 0.6) is 0 Å². The Morgan fingerprint density at radius 2 is 1.76 bits per heavy atom. The number of esters is 1. The van der Waals surface area contributed by atoms with Crippen molar-refractivity contribution in [3.63, 3.8) is 0 Å². The van der Waals surface area contributed by atoms with Gasteiger partial charge in [0.05, 0.1) is 11.4 Å². The van der Waals surface area contributed by atoms with Crippen molar-refractivity contribution in [1.29, 1.82) is 0 Å². The fraction of sp³-hybridized carbons (Fsp3) is 0.375. The zero-order valence-corrected chi connectivity index (χ0v) is 19.7. The summed E-state index contributed by atoms with van der Waals surface area (Å²) in [6, 6.07) is 12.4. The van der Waals surface area contributed by atoms with E-state index in [0.717, 1.165) is 5.56 Å². The summed E-state index contributed by atoms with van der Waals surface area (Å²) in [5.74, 6) is -1.74. The van der Waals surface area contributed by atoms with Gasteiger partial charge in [-0.1, -0.05) is 32.0 Å². The maximum atomic E-state index is 12.6. The number of nitrogens with zero attached hydrogens (tertiary/aromatic N) is 1. The molecule has 0 saturated carbocycles. The normalized spacial score (nSPS) is 14.0. The number of amides is 1. The molecule has 0 aliphatic carbocycles. The van der Waals surface area contributed by atoms with Crippen LogP contribution in [0.25, 0.3) is 0 Å². The van der Waals surface area contributed by atoms with E-state index in [2.05, 4.69) is 5.32 Å². The summed E-state index contributed by atoms with van der Waals surface area (Å²) < 4.78 is 31.0. The van der Waals surface area contributed by atoms with Crippen LogP contribution in [0.4, 0.5) is 5.69 Å². The number of sulfonamides is 1. The molecule has 0 fully saturated rings. The molecule has 1 aliphatic rings. The molecule has 1 N–H and O–H groups in total. The van der Waals surface area contributed by atoms with Crippen LogP contribution in [0.15, 0.2) is 48.5 Å². The summed E-state index contributed by atoms with van der Waals surface area (Å²) in [6.07, 6.45) is 0.510. The van der Waals surface area contributed by atoms with E-state index in [-0.39, 0.29) is 11.7 Å². The first kappa shape index (κ1) is 24.4. The number of hydrogen-bond acceptors (Lipinski definition) is 6. The molecule has 0 radical (unpaired) electrons. The van der Waals surface area contributed by atoms with E-state index in [0.29, 0.717) is 29.8 Å². The maximum Gasteiger partial charge on any atom is 0.329 e. The average molecular weight is 473 g/mol. The van der Waals surface area contributed by atoms with Gasteiger partial charge in [0.2, 0.25) is 10.0 Å². The van der Waals surface area contributed by atoms with Crippen LogP contribution in [0.2, 0.25) is 0 Å². The molecule has 2 aromatic carbocycles. The molecule has 8 nitrogen and oxygen atoms in total. The van der Waals surface area contributed by atoms with Crippen LogP contribution >= 0.6 is 0 Å². The number of ketones is 1.